The number of aromatic amines is 1. The molecule has 35 heavy (non-hydrogen) atoms. The topological polar surface area (TPSA) is 160 Å². The van der Waals surface area contributed by atoms with Crippen LogP contribution in [0.1, 0.15) is 65.2 Å². The highest BCUT2D eigenvalue weighted by Crippen LogP contribution is 2.23. The number of nitrogens with one attached hydrogen (secondary N) is 2. The van der Waals surface area contributed by atoms with Crippen LogP contribution in [0.4, 0.5) is 5.69 Å². The van der Waals surface area contributed by atoms with Crippen molar-refractivity contribution in [2.24, 2.45) is 5.10 Å². The molecule has 0 aliphatic heterocycles. The van der Waals surface area contributed by atoms with Crippen LogP contribution in [0.2, 0.25) is 0 Å². The van der Waals surface area contributed by atoms with E-state index in [-0.39, 0.29) is 27.8 Å². The minimum atomic E-state index is -1.48. The number of aromatic nitrogens is 2. The lowest BCUT2D eigenvalue weighted by Crippen LogP contribution is -2.23. The monoisotopic (exact) mass is 479 g/mol. The van der Waals surface area contributed by atoms with E-state index in [9.17, 15) is 24.5 Å². The number of aryl methyl sites for hydroxylation is 1. The van der Waals surface area contributed by atoms with Crippen molar-refractivity contribution in [2.45, 2.75) is 40.0 Å². The fourth-order valence-electron chi connectivity index (χ4n) is 3.52. The highest BCUT2D eigenvalue weighted by Gasteiger charge is 2.22. The van der Waals surface area contributed by atoms with E-state index in [0.29, 0.717) is 11.4 Å². The van der Waals surface area contributed by atoms with Crippen molar-refractivity contribution >= 4 is 23.3 Å². The van der Waals surface area contributed by atoms with E-state index < -0.39 is 28.1 Å². The van der Waals surface area contributed by atoms with Gasteiger partial charge in [-0.05, 0) is 49.1 Å². The second-order valence-electron chi connectivity index (χ2n) is 8.98. The average molecular weight is 479 g/mol. The van der Waals surface area contributed by atoms with Crippen molar-refractivity contribution in [1.82, 2.24) is 15.2 Å². The highest BCUT2D eigenvalue weighted by atomic mass is 16.6. The molecule has 0 spiro atoms. The summed E-state index contributed by atoms with van der Waals surface area (Å²) in [5, 5.41) is 27.2. The fourth-order valence-corrected chi connectivity index (χ4v) is 3.52. The molecule has 0 fully saturated rings. The number of amides is 1. The smallest absolute Gasteiger partial charge is 0.342 e. The maximum Gasteiger partial charge on any atom is 0.342 e. The summed E-state index contributed by atoms with van der Waals surface area (Å²) in [5.41, 5.74) is 3.24. The van der Waals surface area contributed by atoms with Crippen molar-refractivity contribution < 1.29 is 19.6 Å². The van der Waals surface area contributed by atoms with Gasteiger partial charge in [-0.2, -0.15) is 5.10 Å². The number of rotatable bonds is 6. The van der Waals surface area contributed by atoms with E-state index in [2.05, 4.69) is 36.4 Å². The van der Waals surface area contributed by atoms with Crippen LogP contribution in [-0.2, 0) is 5.41 Å². The molecule has 0 aliphatic rings. The Bertz CT molecular complexity index is 1410. The number of H-pyrrole nitrogens is 1. The Balaban J connectivity index is 1.87. The first-order chi connectivity index (χ1) is 16.3. The van der Waals surface area contributed by atoms with E-state index in [1.165, 1.54) is 4.68 Å². The highest BCUT2D eigenvalue weighted by molar-refractivity contribution is 6.02. The predicted molar refractivity (Wildman–Crippen MR) is 130 cm³/mol. The number of hydrogen-bond acceptors (Lipinski definition) is 6. The lowest BCUT2D eigenvalue weighted by Gasteiger charge is -2.19. The van der Waals surface area contributed by atoms with Gasteiger partial charge in [-0.25, -0.2) is 14.9 Å². The number of hydrazone groups is 1. The molecule has 11 heteroatoms. The number of nitrogens with zero attached hydrogens (tertiary/aromatic N) is 3. The van der Waals surface area contributed by atoms with Crippen LogP contribution in [-0.4, -0.2) is 37.4 Å². The van der Waals surface area contributed by atoms with Crippen LogP contribution in [0.5, 0.6) is 0 Å². The molecule has 1 aromatic heterocycles. The summed E-state index contributed by atoms with van der Waals surface area (Å²) in [6.45, 7) is 9.53. The van der Waals surface area contributed by atoms with Gasteiger partial charge in [0.2, 0.25) is 0 Å². The third-order valence-corrected chi connectivity index (χ3v) is 5.44. The summed E-state index contributed by atoms with van der Waals surface area (Å²) in [5.74, 6) is -2.28. The largest absolute Gasteiger partial charge is 0.477 e. The minimum Gasteiger partial charge on any atom is -0.477 e. The first-order valence-electron chi connectivity index (χ1n) is 10.6. The van der Waals surface area contributed by atoms with Gasteiger partial charge in [0.1, 0.15) is 5.56 Å². The quantitative estimate of drug-likeness (QED) is 0.278. The molecule has 0 radical (unpaired) electrons. The SMILES string of the molecule is CC(=NNC(=O)c1ccc(C(=O)O)c([N+](=O)[O-])c1)c1c(C)[nH]n(-c2ccc(C(C)(C)C)cc2)c1=O. The van der Waals surface area contributed by atoms with Crippen LogP contribution >= 0.6 is 0 Å². The number of carbonyl (C=O) groups is 2. The molecule has 0 saturated carbocycles. The first-order valence-corrected chi connectivity index (χ1v) is 10.6. The van der Waals surface area contributed by atoms with Gasteiger partial charge in [0.25, 0.3) is 17.2 Å². The Labute approximate surface area is 200 Å². The molecule has 2 aromatic carbocycles. The van der Waals surface area contributed by atoms with E-state index >= 15 is 0 Å². The van der Waals surface area contributed by atoms with E-state index in [1.54, 1.807) is 13.8 Å². The average Bonchev–Trinajstić information content (AvgIpc) is 3.10. The molecule has 3 N–H and O–H groups in total. The molecule has 1 heterocycles. The predicted octanol–water partition coefficient (Wildman–Crippen LogP) is 3.53. The zero-order valence-corrected chi connectivity index (χ0v) is 19.9. The third-order valence-electron chi connectivity index (χ3n) is 5.44. The maximum atomic E-state index is 13.1. The van der Waals surface area contributed by atoms with E-state index in [0.717, 1.165) is 23.8 Å². The zero-order chi connectivity index (χ0) is 26.1. The molecule has 0 unspecified atom stereocenters. The molecule has 0 aliphatic carbocycles. The number of nitro benzene ring substituents is 1. The van der Waals surface area contributed by atoms with Gasteiger partial charge in [-0.1, -0.05) is 32.9 Å². The summed E-state index contributed by atoms with van der Waals surface area (Å²) < 4.78 is 1.38. The number of nitro groups is 1. The standard InChI is InChI=1S/C24H25N5O6/c1-13(25-26-21(30)15-6-11-18(23(32)33)19(12-15)29(34)35)20-14(2)27-28(22(20)31)17-9-7-16(8-10-17)24(3,4)5/h6-12,27H,1-5H3,(H,26,30)(H,32,33). The van der Waals surface area contributed by atoms with Crippen LogP contribution in [0.25, 0.3) is 5.69 Å². The molecule has 182 valence electrons. The summed E-state index contributed by atoms with van der Waals surface area (Å²) in [7, 11) is 0. The Kier molecular flexibility index (Phi) is 6.72. The Morgan fingerprint density at radius 1 is 1.14 bits per heavy atom. The molecule has 0 atom stereocenters. The van der Waals surface area contributed by atoms with Crippen molar-refractivity contribution in [3.63, 3.8) is 0 Å². The summed E-state index contributed by atoms with van der Waals surface area (Å²) >= 11 is 0. The Hall–Kier alpha value is -4.54. The van der Waals surface area contributed by atoms with Crippen LogP contribution in [0.15, 0.2) is 52.4 Å². The number of aromatic carboxylic acids is 1. The summed E-state index contributed by atoms with van der Waals surface area (Å²) in [6.07, 6.45) is 0. The fraction of sp³-hybridized carbons (Fsp3) is 0.250. The second-order valence-corrected chi connectivity index (χ2v) is 8.98. The Morgan fingerprint density at radius 3 is 2.31 bits per heavy atom. The number of carboxylic acids is 1. The van der Waals surface area contributed by atoms with E-state index in [1.807, 2.05) is 24.3 Å². The van der Waals surface area contributed by atoms with Gasteiger partial charge in [-0.15, -0.1) is 0 Å². The lowest BCUT2D eigenvalue weighted by molar-refractivity contribution is -0.385. The number of benzene rings is 2. The molecule has 3 rings (SSSR count). The number of hydrogen-bond donors (Lipinski definition) is 3. The normalized spacial score (nSPS) is 11.9. The molecular weight excluding hydrogens is 454 g/mol. The summed E-state index contributed by atoms with van der Waals surface area (Å²) in [6, 6.07) is 10.6. The van der Waals surface area contributed by atoms with Gasteiger partial charge in [-0.3, -0.25) is 24.8 Å². The van der Waals surface area contributed by atoms with E-state index in [4.69, 9.17) is 5.11 Å². The van der Waals surface area contributed by atoms with Crippen molar-refractivity contribution in [1.29, 1.82) is 0 Å². The second kappa shape index (κ2) is 9.37. The molecule has 0 saturated heterocycles. The van der Waals surface area contributed by atoms with Gasteiger partial charge < -0.3 is 5.11 Å². The third kappa shape index (κ3) is 5.18. The van der Waals surface area contributed by atoms with Gasteiger partial charge >= 0.3 is 5.97 Å². The summed E-state index contributed by atoms with van der Waals surface area (Å²) in [4.78, 5) is 46.9. The zero-order valence-electron chi connectivity index (χ0n) is 19.9. The van der Waals surface area contributed by atoms with Crippen LogP contribution < -0.4 is 11.0 Å². The molecule has 1 amide bonds. The molecular formula is C24H25N5O6. The van der Waals surface area contributed by atoms with Crippen molar-refractivity contribution in [3.05, 3.63) is 90.9 Å². The molecule has 3 aromatic rings. The van der Waals surface area contributed by atoms with Crippen molar-refractivity contribution in [3.8, 4) is 5.69 Å². The van der Waals surface area contributed by atoms with Crippen LogP contribution in [0.3, 0.4) is 0 Å². The first kappa shape index (κ1) is 25.1. The van der Waals surface area contributed by atoms with Crippen LogP contribution in [0, 0.1) is 17.0 Å². The Morgan fingerprint density at radius 2 is 1.77 bits per heavy atom. The minimum absolute atomic E-state index is 0.0316. The maximum absolute atomic E-state index is 13.1. The van der Waals surface area contributed by atoms with Crippen molar-refractivity contribution in [2.75, 3.05) is 0 Å². The van der Waals surface area contributed by atoms with Gasteiger partial charge in [0.05, 0.1) is 21.9 Å². The number of carboxylic acid groups (broad SMARTS) is 1. The molecule has 0 bridgehead atoms. The lowest BCUT2D eigenvalue weighted by atomic mass is 9.87. The molecule has 11 nitrogen and oxygen atoms in total. The van der Waals surface area contributed by atoms with Gasteiger partial charge in [0, 0.05) is 17.3 Å². The van der Waals surface area contributed by atoms with Gasteiger partial charge in [0.15, 0.2) is 0 Å². The number of carbonyl (C=O) groups excluding carboxylic acids is 1.